The molecule has 1 aromatic carbocycles. The molecule has 20 heavy (non-hydrogen) atoms. The summed E-state index contributed by atoms with van der Waals surface area (Å²) >= 11 is 0. The lowest BCUT2D eigenvalue weighted by Crippen LogP contribution is -2.21. The van der Waals surface area contributed by atoms with E-state index in [-0.39, 0.29) is 17.5 Å². The fourth-order valence-electron chi connectivity index (χ4n) is 2.43. The third kappa shape index (κ3) is 2.56. The number of hydrogen-bond acceptors (Lipinski definition) is 4. The van der Waals surface area contributed by atoms with Gasteiger partial charge < -0.3 is 9.84 Å². The van der Waals surface area contributed by atoms with Crippen molar-refractivity contribution in [3.05, 3.63) is 35.7 Å². The molecule has 3 rings (SSSR count). The van der Waals surface area contributed by atoms with Gasteiger partial charge in [-0.05, 0) is 31.5 Å². The van der Waals surface area contributed by atoms with Crippen LogP contribution in [-0.2, 0) is 0 Å². The highest BCUT2D eigenvalue weighted by molar-refractivity contribution is 5.54. The lowest BCUT2D eigenvalue weighted by molar-refractivity contribution is 0.399. The third-order valence-electron chi connectivity index (χ3n) is 3.49. The SMILES string of the molecule is Fc1cccc(F)c1-c1nc(C2CCCCCN2)no1. The molecule has 0 spiro atoms. The summed E-state index contributed by atoms with van der Waals surface area (Å²) in [5, 5.41) is 7.18. The smallest absolute Gasteiger partial charge is 0.263 e. The summed E-state index contributed by atoms with van der Waals surface area (Å²) in [6.45, 7) is 0.891. The molecule has 2 heterocycles. The molecule has 1 aliphatic heterocycles. The highest BCUT2D eigenvalue weighted by atomic mass is 19.1. The Morgan fingerprint density at radius 1 is 1.15 bits per heavy atom. The average molecular weight is 279 g/mol. The van der Waals surface area contributed by atoms with Crippen LogP contribution in [0.25, 0.3) is 11.5 Å². The topological polar surface area (TPSA) is 51.0 Å². The first-order valence-corrected chi connectivity index (χ1v) is 6.77. The van der Waals surface area contributed by atoms with Gasteiger partial charge in [-0.15, -0.1) is 0 Å². The number of benzene rings is 1. The van der Waals surface area contributed by atoms with Crippen molar-refractivity contribution in [1.29, 1.82) is 0 Å². The Morgan fingerprint density at radius 3 is 2.75 bits per heavy atom. The van der Waals surface area contributed by atoms with Crippen LogP contribution in [0.5, 0.6) is 0 Å². The van der Waals surface area contributed by atoms with Crippen molar-refractivity contribution in [1.82, 2.24) is 15.5 Å². The van der Waals surface area contributed by atoms with Crippen LogP contribution >= 0.6 is 0 Å². The van der Waals surface area contributed by atoms with Crippen LogP contribution in [0.4, 0.5) is 8.78 Å². The van der Waals surface area contributed by atoms with E-state index >= 15 is 0 Å². The quantitative estimate of drug-likeness (QED) is 0.917. The molecule has 1 saturated heterocycles. The fraction of sp³-hybridized carbons (Fsp3) is 0.429. The zero-order valence-corrected chi connectivity index (χ0v) is 10.9. The second-order valence-electron chi connectivity index (χ2n) is 4.91. The van der Waals surface area contributed by atoms with Gasteiger partial charge in [-0.2, -0.15) is 4.98 Å². The van der Waals surface area contributed by atoms with Crippen molar-refractivity contribution in [2.75, 3.05) is 6.54 Å². The maximum atomic E-state index is 13.7. The Morgan fingerprint density at radius 2 is 1.95 bits per heavy atom. The van der Waals surface area contributed by atoms with E-state index in [1.54, 1.807) is 0 Å². The van der Waals surface area contributed by atoms with Crippen LogP contribution in [0, 0.1) is 11.6 Å². The van der Waals surface area contributed by atoms with Crippen LogP contribution in [0.3, 0.4) is 0 Å². The second-order valence-corrected chi connectivity index (χ2v) is 4.91. The average Bonchev–Trinajstić information content (AvgIpc) is 2.74. The molecule has 1 aliphatic rings. The predicted octanol–water partition coefficient (Wildman–Crippen LogP) is 3.22. The van der Waals surface area contributed by atoms with Gasteiger partial charge in [0.2, 0.25) is 0 Å². The van der Waals surface area contributed by atoms with E-state index in [9.17, 15) is 8.78 Å². The third-order valence-corrected chi connectivity index (χ3v) is 3.49. The van der Waals surface area contributed by atoms with Gasteiger partial charge in [-0.3, -0.25) is 0 Å². The number of halogens is 2. The molecule has 4 nitrogen and oxygen atoms in total. The summed E-state index contributed by atoms with van der Waals surface area (Å²) in [6, 6.07) is 3.64. The van der Waals surface area contributed by atoms with E-state index in [1.807, 2.05) is 0 Å². The molecule has 1 atom stereocenters. The molecule has 0 radical (unpaired) electrons. The number of nitrogens with one attached hydrogen (secondary N) is 1. The number of nitrogens with zero attached hydrogens (tertiary/aromatic N) is 2. The van der Waals surface area contributed by atoms with Crippen molar-refractivity contribution >= 4 is 0 Å². The van der Waals surface area contributed by atoms with Gasteiger partial charge in [0.1, 0.15) is 17.2 Å². The summed E-state index contributed by atoms with van der Waals surface area (Å²) < 4.78 is 32.4. The van der Waals surface area contributed by atoms with Crippen molar-refractivity contribution in [2.45, 2.75) is 31.7 Å². The summed E-state index contributed by atoms with van der Waals surface area (Å²) in [6.07, 6.45) is 4.26. The first kappa shape index (κ1) is 13.2. The first-order valence-electron chi connectivity index (χ1n) is 6.77. The van der Waals surface area contributed by atoms with E-state index in [2.05, 4.69) is 15.5 Å². The molecular weight excluding hydrogens is 264 g/mol. The molecule has 1 N–H and O–H groups in total. The van der Waals surface area contributed by atoms with Crippen LogP contribution < -0.4 is 5.32 Å². The monoisotopic (exact) mass is 279 g/mol. The van der Waals surface area contributed by atoms with Crippen LogP contribution in [0.2, 0.25) is 0 Å². The van der Waals surface area contributed by atoms with Crippen LogP contribution in [-0.4, -0.2) is 16.7 Å². The Balaban J connectivity index is 1.90. The van der Waals surface area contributed by atoms with Crippen LogP contribution in [0.1, 0.15) is 37.5 Å². The molecule has 6 heteroatoms. The minimum Gasteiger partial charge on any atom is -0.334 e. The van der Waals surface area contributed by atoms with Gasteiger partial charge in [0.05, 0.1) is 6.04 Å². The van der Waals surface area contributed by atoms with Gasteiger partial charge in [0.25, 0.3) is 5.89 Å². The van der Waals surface area contributed by atoms with Crippen molar-refractivity contribution < 1.29 is 13.3 Å². The molecule has 1 aromatic heterocycles. The summed E-state index contributed by atoms with van der Waals surface area (Å²) in [5.41, 5.74) is -0.264. The van der Waals surface area contributed by atoms with Gasteiger partial charge in [-0.25, -0.2) is 8.78 Å². The zero-order valence-electron chi connectivity index (χ0n) is 10.9. The molecule has 1 unspecified atom stereocenters. The standard InChI is InChI=1S/C14H15F2N3O/c15-9-5-4-6-10(16)12(9)14-18-13(19-20-14)11-7-2-1-3-8-17-11/h4-6,11,17H,1-3,7-8H2. The largest absolute Gasteiger partial charge is 0.334 e. The number of rotatable bonds is 2. The summed E-state index contributed by atoms with van der Waals surface area (Å²) in [5.74, 6) is -1.05. The summed E-state index contributed by atoms with van der Waals surface area (Å²) in [7, 11) is 0. The molecular formula is C14H15F2N3O. The molecule has 0 amide bonds. The molecule has 0 aliphatic carbocycles. The molecule has 2 aromatic rings. The van der Waals surface area contributed by atoms with Gasteiger partial charge in [-0.1, -0.05) is 24.1 Å². The molecule has 1 fully saturated rings. The second kappa shape index (κ2) is 5.66. The highest BCUT2D eigenvalue weighted by Crippen LogP contribution is 2.27. The Bertz CT molecular complexity index is 572. The van der Waals surface area contributed by atoms with Gasteiger partial charge in [0, 0.05) is 0 Å². The fourth-order valence-corrected chi connectivity index (χ4v) is 2.43. The maximum Gasteiger partial charge on any atom is 0.263 e. The maximum absolute atomic E-state index is 13.7. The Kier molecular flexibility index (Phi) is 3.73. The van der Waals surface area contributed by atoms with Gasteiger partial charge >= 0.3 is 0 Å². The predicted molar refractivity (Wildman–Crippen MR) is 68.9 cm³/mol. The van der Waals surface area contributed by atoms with Crippen molar-refractivity contribution in [3.8, 4) is 11.5 Å². The van der Waals surface area contributed by atoms with E-state index < -0.39 is 11.6 Å². The number of aromatic nitrogens is 2. The van der Waals surface area contributed by atoms with Crippen LogP contribution in [0.15, 0.2) is 22.7 Å². The minimum absolute atomic E-state index is 0.00941. The normalized spacial score (nSPS) is 19.8. The molecule has 106 valence electrons. The molecule has 0 bridgehead atoms. The van der Waals surface area contributed by atoms with Gasteiger partial charge in [0.15, 0.2) is 5.82 Å². The minimum atomic E-state index is -0.700. The Hall–Kier alpha value is -1.82. The highest BCUT2D eigenvalue weighted by Gasteiger charge is 2.22. The van der Waals surface area contributed by atoms with E-state index in [4.69, 9.17) is 4.52 Å². The van der Waals surface area contributed by atoms with Crippen molar-refractivity contribution in [3.63, 3.8) is 0 Å². The van der Waals surface area contributed by atoms with Crippen molar-refractivity contribution in [2.24, 2.45) is 0 Å². The first-order chi connectivity index (χ1) is 9.75. The lowest BCUT2D eigenvalue weighted by Gasteiger charge is -2.09. The Labute approximate surface area is 115 Å². The van der Waals surface area contributed by atoms with E-state index in [1.165, 1.54) is 18.2 Å². The van der Waals surface area contributed by atoms with E-state index in [0.29, 0.717) is 5.82 Å². The lowest BCUT2D eigenvalue weighted by atomic mass is 10.1. The molecule has 0 saturated carbocycles. The zero-order chi connectivity index (χ0) is 13.9. The van der Waals surface area contributed by atoms with E-state index in [0.717, 1.165) is 32.2 Å². The summed E-state index contributed by atoms with van der Waals surface area (Å²) in [4.78, 5) is 4.15. The number of hydrogen-bond donors (Lipinski definition) is 1.